The first-order valence-corrected chi connectivity index (χ1v) is 12.9. The van der Waals surface area contributed by atoms with E-state index in [-0.39, 0.29) is 28.2 Å². The van der Waals surface area contributed by atoms with Crippen LogP contribution in [0, 0.1) is 11.8 Å². The molecular formula is C29H30Cl2O5. The van der Waals surface area contributed by atoms with Gasteiger partial charge in [-0.3, -0.25) is 0 Å². The van der Waals surface area contributed by atoms with Gasteiger partial charge in [0.05, 0.1) is 42.2 Å². The first kappa shape index (κ1) is 26.5. The van der Waals surface area contributed by atoms with Gasteiger partial charge in [0.25, 0.3) is 0 Å². The van der Waals surface area contributed by atoms with Gasteiger partial charge in [-0.05, 0) is 53.3 Å². The van der Waals surface area contributed by atoms with Crippen LogP contribution in [0.1, 0.15) is 39.6 Å². The van der Waals surface area contributed by atoms with E-state index in [1.54, 1.807) is 18.2 Å². The molecule has 0 bridgehead atoms. The predicted molar refractivity (Wildman–Crippen MR) is 141 cm³/mol. The van der Waals surface area contributed by atoms with Crippen LogP contribution in [0.4, 0.5) is 0 Å². The Morgan fingerprint density at radius 1 is 0.944 bits per heavy atom. The van der Waals surface area contributed by atoms with Gasteiger partial charge in [0, 0.05) is 12.3 Å². The van der Waals surface area contributed by atoms with E-state index in [9.17, 15) is 9.90 Å². The van der Waals surface area contributed by atoms with Crippen LogP contribution in [0.2, 0.25) is 0 Å². The molecule has 1 fully saturated rings. The number of carbonyl (C=O) groups is 1. The molecule has 1 saturated carbocycles. The number of carboxylic acids is 1. The summed E-state index contributed by atoms with van der Waals surface area (Å²) in [5.41, 5.74) is 2.90. The minimum absolute atomic E-state index is 0.00239. The Morgan fingerprint density at radius 3 is 2.47 bits per heavy atom. The Balaban J connectivity index is 1.33. The van der Waals surface area contributed by atoms with Crippen LogP contribution in [0.3, 0.4) is 0 Å². The maximum absolute atomic E-state index is 11.2. The van der Waals surface area contributed by atoms with Crippen molar-refractivity contribution in [2.24, 2.45) is 11.8 Å². The number of aromatic carboxylic acids is 1. The summed E-state index contributed by atoms with van der Waals surface area (Å²) in [6.45, 7) is 1.15. The van der Waals surface area contributed by atoms with Gasteiger partial charge in [0.15, 0.2) is 0 Å². The molecule has 0 heterocycles. The molecule has 4 rings (SSSR count). The zero-order chi connectivity index (χ0) is 25.5. The minimum atomic E-state index is -0.962. The molecule has 0 saturated heterocycles. The van der Waals surface area contributed by atoms with Crippen molar-refractivity contribution in [2.75, 3.05) is 13.2 Å². The highest BCUT2D eigenvalue weighted by Gasteiger charge is 2.42. The van der Waals surface area contributed by atoms with E-state index in [0.717, 1.165) is 23.1 Å². The number of carboxylic acid groups (broad SMARTS) is 1. The van der Waals surface area contributed by atoms with Gasteiger partial charge in [-0.2, -0.15) is 0 Å². The lowest BCUT2D eigenvalue weighted by Crippen LogP contribution is -2.27. The molecule has 190 valence electrons. The monoisotopic (exact) mass is 528 g/mol. The van der Waals surface area contributed by atoms with E-state index < -0.39 is 12.1 Å². The first-order chi connectivity index (χ1) is 17.4. The fourth-order valence-corrected chi connectivity index (χ4v) is 5.42. The SMILES string of the molecule is O=C(O)c1cccc(COC[C@H]2CC(Cl)C(Cl)[C@@H]2COc2cccc(C(O)Cc3ccccc3)c2)c1. The van der Waals surface area contributed by atoms with Crippen LogP contribution in [-0.4, -0.2) is 40.2 Å². The third-order valence-corrected chi connectivity index (χ3v) is 7.83. The number of halogens is 2. The Labute approximate surface area is 221 Å². The molecule has 0 aromatic heterocycles. The number of aliphatic hydroxyl groups excluding tert-OH is 1. The molecule has 3 unspecified atom stereocenters. The fourth-order valence-electron chi connectivity index (χ4n) is 4.62. The molecule has 0 amide bonds. The highest BCUT2D eigenvalue weighted by atomic mass is 35.5. The van der Waals surface area contributed by atoms with Crippen molar-refractivity contribution in [3.63, 3.8) is 0 Å². The van der Waals surface area contributed by atoms with E-state index in [0.29, 0.717) is 32.0 Å². The van der Waals surface area contributed by atoms with Crippen LogP contribution >= 0.6 is 23.2 Å². The third kappa shape index (κ3) is 7.01. The van der Waals surface area contributed by atoms with E-state index >= 15 is 0 Å². The fraction of sp³-hybridized carbons (Fsp3) is 0.345. The van der Waals surface area contributed by atoms with E-state index in [1.165, 1.54) is 0 Å². The highest BCUT2D eigenvalue weighted by molar-refractivity contribution is 6.30. The largest absolute Gasteiger partial charge is 0.493 e. The number of ether oxygens (including phenoxy) is 2. The standard InChI is InChI=1S/C29H30Cl2O5/c30-26-15-23(17-35-16-20-8-4-10-22(12-20)29(33)34)25(28(26)31)18-36-24-11-5-9-21(14-24)27(32)13-19-6-2-1-3-7-19/h1-12,14,23,25-28,32H,13,15-18H2,(H,33,34)/t23-,25-,26?,27?,28?/m1/s1. The third-order valence-electron chi connectivity index (χ3n) is 6.62. The topological polar surface area (TPSA) is 76.0 Å². The van der Waals surface area contributed by atoms with Crippen molar-refractivity contribution in [1.82, 2.24) is 0 Å². The lowest BCUT2D eigenvalue weighted by atomic mass is 9.97. The zero-order valence-corrected chi connectivity index (χ0v) is 21.3. The summed E-state index contributed by atoms with van der Waals surface area (Å²) in [5.74, 6) is -0.176. The highest BCUT2D eigenvalue weighted by Crippen LogP contribution is 2.40. The molecule has 36 heavy (non-hydrogen) atoms. The average Bonchev–Trinajstić information content (AvgIpc) is 3.16. The van der Waals surface area contributed by atoms with Gasteiger partial charge < -0.3 is 19.7 Å². The number of benzene rings is 3. The molecule has 0 spiro atoms. The number of rotatable bonds is 11. The summed E-state index contributed by atoms with van der Waals surface area (Å²) in [7, 11) is 0. The van der Waals surface area contributed by atoms with Gasteiger partial charge in [0.2, 0.25) is 0 Å². The average molecular weight is 529 g/mol. The van der Waals surface area contributed by atoms with Crippen LogP contribution in [0.5, 0.6) is 5.75 Å². The van der Waals surface area contributed by atoms with Crippen molar-refractivity contribution < 1.29 is 24.5 Å². The molecule has 7 heteroatoms. The van der Waals surface area contributed by atoms with Gasteiger partial charge >= 0.3 is 5.97 Å². The zero-order valence-electron chi connectivity index (χ0n) is 19.8. The second-order valence-corrected chi connectivity index (χ2v) is 10.3. The lowest BCUT2D eigenvalue weighted by molar-refractivity contribution is 0.0639. The van der Waals surface area contributed by atoms with Crippen LogP contribution in [-0.2, 0) is 17.8 Å². The molecular weight excluding hydrogens is 499 g/mol. The summed E-state index contributed by atoms with van der Waals surface area (Å²) >= 11 is 13.1. The van der Waals surface area contributed by atoms with Crippen molar-refractivity contribution in [2.45, 2.75) is 36.3 Å². The van der Waals surface area contributed by atoms with Crippen LogP contribution in [0.25, 0.3) is 0 Å². The normalized spacial score (nSPS) is 22.3. The molecule has 0 radical (unpaired) electrons. The minimum Gasteiger partial charge on any atom is -0.493 e. The summed E-state index contributed by atoms with van der Waals surface area (Å²) in [5, 5.41) is 19.4. The van der Waals surface area contributed by atoms with E-state index in [1.807, 2.05) is 60.7 Å². The van der Waals surface area contributed by atoms with Gasteiger partial charge in [-0.25, -0.2) is 4.79 Å². The first-order valence-electron chi connectivity index (χ1n) is 12.0. The molecule has 2 N–H and O–H groups in total. The van der Waals surface area contributed by atoms with Crippen molar-refractivity contribution in [1.29, 1.82) is 0 Å². The molecule has 0 aliphatic heterocycles. The smallest absolute Gasteiger partial charge is 0.335 e. The molecule has 5 atom stereocenters. The predicted octanol–water partition coefficient (Wildman–Crippen LogP) is 6.11. The summed E-state index contributed by atoms with van der Waals surface area (Å²) in [4.78, 5) is 11.2. The van der Waals surface area contributed by atoms with E-state index in [2.05, 4.69) is 0 Å². The van der Waals surface area contributed by atoms with Gasteiger partial charge in [-0.1, -0.05) is 54.6 Å². The number of hydrogen-bond donors (Lipinski definition) is 2. The van der Waals surface area contributed by atoms with Crippen LogP contribution < -0.4 is 4.74 Å². The molecule has 3 aromatic rings. The second-order valence-electron chi connectivity index (χ2n) is 9.23. The lowest BCUT2D eigenvalue weighted by Gasteiger charge is -2.22. The quantitative estimate of drug-likeness (QED) is 0.293. The Bertz CT molecular complexity index is 1140. The second kappa shape index (κ2) is 12.6. The Kier molecular flexibility index (Phi) is 9.27. The maximum atomic E-state index is 11.2. The van der Waals surface area contributed by atoms with Gasteiger partial charge in [0.1, 0.15) is 5.75 Å². The van der Waals surface area contributed by atoms with Crippen molar-refractivity contribution >= 4 is 29.2 Å². The summed E-state index contributed by atoms with van der Waals surface area (Å²) in [6.07, 6.45) is 0.616. The molecule has 5 nitrogen and oxygen atoms in total. The summed E-state index contributed by atoms with van der Waals surface area (Å²) < 4.78 is 12.0. The summed E-state index contributed by atoms with van der Waals surface area (Å²) in [6, 6.07) is 24.1. The Hall–Kier alpha value is -2.57. The molecule has 1 aliphatic rings. The van der Waals surface area contributed by atoms with Crippen molar-refractivity contribution in [3.8, 4) is 5.75 Å². The van der Waals surface area contributed by atoms with E-state index in [4.69, 9.17) is 37.8 Å². The van der Waals surface area contributed by atoms with Crippen molar-refractivity contribution in [3.05, 3.63) is 101 Å². The number of hydrogen-bond acceptors (Lipinski definition) is 4. The molecule has 3 aromatic carbocycles. The maximum Gasteiger partial charge on any atom is 0.335 e. The Morgan fingerprint density at radius 2 is 1.69 bits per heavy atom. The number of alkyl halides is 2. The molecule has 1 aliphatic carbocycles. The van der Waals surface area contributed by atoms with Gasteiger partial charge in [-0.15, -0.1) is 23.2 Å². The van der Waals surface area contributed by atoms with Crippen LogP contribution in [0.15, 0.2) is 78.9 Å². The number of aliphatic hydroxyl groups is 1.